The van der Waals surface area contributed by atoms with Crippen molar-refractivity contribution in [3.8, 4) is 6.07 Å². The van der Waals surface area contributed by atoms with Gasteiger partial charge in [-0.15, -0.1) is 0 Å². The molecule has 0 aliphatic rings. The molecule has 0 bridgehead atoms. The largest absolute Gasteiger partial charge is 0.481 e. The number of hydrogen-bond donors (Lipinski definition) is 1. The van der Waals surface area contributed by atoms with Crippen molar-refractivity contribution in [3.05, 3.63) is 0 Å². The van der Waals surface area contributed by atoms with E-state index >= 15 is 0 Å². The third kappa shape index (κ3) is 31.0. The number of nitrogens with zero attached hydrogens (tertiary/aromatic N) is 1. The first-order chi connectivity index (χ1) is 19.3. The number of aliphatic carboxylic acids is 1. The van der Waals surface area contributed by atoms with Gasteiger partial charge < -0.3 is 9.84 Å². The number of ether oxygens (including phenoxy) is 1. The van der Waals surface area contributed by atoms with Crippen LogP contribution in [0.1, 0.15) is 180 Å². The van der Waals surface area contributed by atoms with Crippen molar-refractivity contribution in [1.82, 2.24) is 0 Å². The van der Waals surface area contributed by atoms with Crippen LogP contribution in [0.25, 0.3) is 0 Å². The van der Waals surface area contributed by atoms with Gasteiger partial charge in [-0.25, -0.2) is 0 Å². The number of ketones is 1. The van der Waals surface area contributed by atoms with Crippen LogP contribution in [0, 0.1) is 33.5 Å². The minimum absolute atomic E-state index is 0.0292. The van der Waals surface area contributed by atoms with Gasteiger partial charge in [-0.1, -0.05) is 113 Å². The van der Waals surface area contributed by atoms with Crippen molar-refractivity contribution in [1.29, 1.82) is 5.26 Å². The van der Waals surface area contributed by atoms with Crippen LogP contribution in [-0.2, 0) is 19.1 Å². The summed E-state index contributed by atoms with van der Waals surface area (Å²) in [5.74, 6) is -0.415. The van der Waals surface area contributed by atoms with E-state index in [-0.39, 0.29) is 28.5 Å². The first-order valence-corrected chi connectivity index (χ1v) is 16.7. The second kappa shape index (κ2) is 27.9. The quantitative estimate of drug-likeness (QED) is 0.124. The lowest BCUT2D eigenvalue weighted by Gasteiger charge is -2.17. The lowest BCUT2D eigenvalue weighted by Crippen LogP contribution is -2.21. The number of carbonyl (C=O) groups excluding carboxylic acids is 2. The fraction of sp³-hybridized carbons (Fsp3) is 0.889. The molecule has 0 saturated carbocycles. The summed E-state index contributed by atoms with van der Waals surface area (Å²) >= 11 is 0. The Morgan fingerprint density at radius 1 is 0.714 bits per heavy atom. The maximum Gasteiger partial charge on any atom is 0.309 e. The summed E-state index contributed by atoms with van der Waals surface area (Å²) in [6.07, 6.45) is 16.6. The average molecular weight is 598 g/mol. The van der Waals surface area contributed by atoms with Crippen molar-refractivity contribution < 1.29 is 24.2 Å². The Hall–Kier alpha value is -1.90. The van der Waals surface area contributed by atoms with E-state index in [0.717, 1.165) is 25.7 Å². The molecular formula is C36H71NO5. The van der Waals surface area contributed by atoms with Crippen LogP contribution < -0.4 is 0 Å². The third-order valence-corrected chi connectivity index (χ3v) is 8.24. The Balaban J connectivity index is -0.000000260. The molecule has 6 nitrogen and oxygen atoms in total. The van der Waals surface area contributed by atoms with Gasteiger partial charge in [0, 0.05) is 5.41 Å². The molecule has 0 fully saturated rings. The van der Waals surface area contributed by atoms with Crippen molar-refractivity contribution in [3.63, 3.8) is 0 Å². The smallest absolute Gasteiger partial charge is 0.309 e. The first-order valence-electron chi connectivity index (χ1n) is 16.7. The van der Waals surface area contributed by atoms with E-state index in [1.807, 2.05) is 62.3 Å². The standard InChI is InChI=1S/C17H34O2.C7H14O.C6H11N.C6H12O2/c1-4-6-7-8-9-10-11-12-13-14-15-19-17(18)16(3)5-2;1-5-7(3,4)6(2)8;1-4-6(2,3)5-7;1-4-6(2,3)5(7)8/h16H,4-15H2,1-3H3;5H2,1-4H3;4H2,1-3H3;4H2,1-3H3,(H,7,8). The summed E-state index contributed by atoms with van der Waals surface area (Å²) in [5.41, 5.74) is -0.750. The first kappa shape index (κ1) is 47.0. The third-order valence-electron chi connectivity index (χ3n) is 8.24. The lowest BCUT2D eigenvalue weighted by atomic mass is 9.86. The van der Waals surface area contributed by atoms with Crippen molar-refractivity contribution in [2.24, 2.45) is 22.2 Å². The Kier molecular flexibility index (Phi) is 31.3. The maximum atomic E-state index is 11.4. The number of rotatable bonds is 18. The second-order valence-corrected chi connectivity index (χ2v) is 13.3. The van der Waals surface area contributed by atoms with Crippen LogP contribution in [-0.4, -0.2) is 29.4 Å². The topological polar surface area (TPSA) is 104 Å². The van der Waals surface area contributed by atoms with Gasteiger partial charge in [0.05, 0.1) is 29.4 Å². The highest BCUT2D eigenvalue weighted by Gasteiger charge is 2.23. The Bertz CT molecular complexity index is 693. The van der Waals surface area contributed by atoms with Gasteiger partial charge in [-0.3, -0.25) is 14.4 Å². The van der Waals surface area contributed by atoms with E-state index in [2.05, 4.69) is 13.0 Å². The van der Waals surface area contributed by atoms with Gasteiger partial charge in [0.25, 0.3) is 0 Å². The van der Waals surface area contributed by atoms with E-state index < -0.39 is 11.4 Å². The summed E-state index contributed by atoms with van der Waals surface area (Å²) in [5, 5.41) is 16.8. The number of esters is 1. The Morgan fingerprint density at radius 3 is 1.33 bits per heavy atom. The molecular weight excluding hydrogens is 526 g/mol. The lowest BCUT2D eigenvalue weighted by molar-refractivity contribution is -0.148. The zero-order chi connectivity index (χ0) is 33.8. The maximum absolute atomic E-state index is 11.4. The summed E-state index contributed by atoms with van der Waals surface area (Å²) in [7, 11) is 0. The highest BCUT2D eigenvalue weighted by molar-refractivity contribution is 5.81. The highest BCUT2D eigenvalue weighted by Crippen LogP contribution is 2.20. The van der Waals surface area contributed by atoms with Crippen LogP contribution >= 0.6 is 0 Å². The van der Waals surface area contributed by atoms with Gasteiger partial charge >= 0.3 is 11.9 Å². The summed E-state index contributed by atoms with van der Waals surface area (Å²) < 4.78 is 5.23. The SMILES string of the molecule is CCC(C)(C)C#N.CCC(C)(C)C(=O)O.CCC(C)(C)C(C)=O.CCCCCCCCCCCCOC(=O)C(C)CC. The van der Waals surface area contributed by atoms with Crippen molar-refractivity contribution in [2.75, 3.05) is 6.61 Å². The van der Waals surface area contributed by atoms with E-state index in [4.69, 9.17) is 15.1 Å². The molecule has 0 spiro atoms. The molecule has 1 atom stereocenters. The fourth-order valence-corrected chi connectivity index (χ4v) is 2.55. The summed E-state index contributed by atoms with van der Waals surface area (Å²) in [6.45, 7) is 25.6. The molecule has 1 N–H and O–H groups in total. The molecule has 250 valence electrons. The molecule has 0 saturated heterocycles. The van der Waals surface area contributed by atoms with E-state index in [9.17, 15) is 14.4 Å². The monoisotopic (exact) mass is 598 g/mol. The number of carboxylic acids is 1. The molecule has 0 rings (SSSR count). The Labute approximate surface area is 261 Å². The minimum Gasteiger partial charge on any atom is -0.481 e. The molecule has 6 heteroatoms. The van der Waals surface area contributed by atoms with Gasteiger partial charge in [0.15, 0.2) is 0 Å². The zero-order valence-electron chi connectivity index (χ0n) is 30.2. The molecule has 0 heterocycles. The predicted molar refractivity (Wildman–Crippen MR) is 178 cm³/mol. The predicted octanol–water partition coefficient (Wildman–Crippen LogP) is 11.0. The Morgan fingerprint density at radius 2 is 1.12 bits per heavy atom. The average Bonchev–Trinajstić information content (AvgIpc) is 2.96. The number of Topliss-reactive ketones (excluding diaryl/α,β-unsaturated/α-hetero) is 1. The van der Waals surface area contributed by atoms with Gasteiger partial charge in [-0.05, 0) is 66.7 Å². The zero-order valence-corrected chi connectivity index (χ0v) is 30.2. The van der Waals surface area contributed by atoms with E-state index in [1.165, 1.54) is 57.8 Å². The number of unbranched alkanes of at least 4 members (excludes halogenated alkanes) is 9. The van der Waals surface area contributed by atoms with E-state index in [0.29, 0.717) is 13.0 Å². The molecule has 1 unspecified atom stereocenters. The summed E-state index contributed by atoms with van der Waals surface area (Å²) in [4.78, 5) is 32.4. The molecule has 0 aromatic carbocycles. The van der Waals surface area contributed by atoms with Crippen LogP contribution in [0.15, 0.2) is 0 Å². The normalized spacial score (nSPS) is 11.7. The molecule has 0 aromatic heterocycles. The molecule has 0 amide bonds. The second-order valence-electron chi connectivity index (χ2n) is 13.3. The summed E-state index contributed by atoms with van der Waals surface area (Å²) in [6, 6.07) is 2.19. The van der Waals surface area contributed by atoms with Gasteiger partial charge in [0.1, 0.15) is 5.78 Å². The molecule has 0 aromatic rings. The van der Waals surface area contributed by atoms with Crippen LogP contribution in [0.4, 0.5) is 0 Å². The van der Waals surface area contributed by atoms with Gasteiger partial charge in [-0.2, -0.15) is 5.26 Å². The number of carbonyl (C=O) groups is 3. The molecule has 0 radical (unpaired) electrons. The molecule has 0 aliphatic heterocycles. The molecule has 42 heavy (non-hydrogen) atoms. The molecule has 0 aliphatic carbocycles. The number of hydrogen-bond acceptors (Lipinski definition) is 5. The fourth-order valence-electron chi connectivity index (χ4n) is 2.55. The van der Waals surface area contributed by atoms with Crippen molar-refractivity contribution in [2.45, 2.75) is 180 Å². The number of nitriles is 1. The minimum atomic E-state index is -0.722. The number of carboxylic acid groups (broad SMARTS) is 1. The van der Waals surface area contributed by atoms with Gasteiger partial charge in [0.2, 0.25) is 0 Å². The van der Waals surface area contributed by atoms with Crippen LogP contribution in [0.3, 0.4) is 0 Å². The van der Waals surface area contributed by atoms with Crippen LogP contribution in [0.2, 0.25) is 0 Å². The van der Waals surface area contributed by atoms with E-state index in [1.54, 1.807) is 20.8 Å². The highest BCUT2D eigenvalue weighted by atomic mass is 16.5. The van der Waals surface area contributed by atoms with Crippen molar-refractivity contribution >= 4 is 17.7 Å². The van der Waals surface area contributed by atoms with Crippen LogP contribution in [0.5, 0.6) is 0 Å².